The second-order valence-corrected chi connectivity index (χ2v) is 5.10. The molecular formula is C13H15Cl2NO2. The molecule has 5 heteroatoms. The van der Waals surface area contributed by atoms with Gasteiger partial charge in [-0.1, -0.05) is 29.3 Å². The lowest BCUT2D eigenvalue weighted by Gasteiger charge is -2.26. The topological polar surface area (TPSA) is 29.5 Å². The minimum atomic E-state index is -0.0105. The van der Waals surface area contributed by atoms with E-state index in [1.165, 1.54) is 6.42 Å². The number of likely N-dealkylation sites (tertiary alicyclic amines) is 1. The summed E-state index contributed by atoms with van der Waals surface area (Å²) in [6.45, 7) is 1.63. The van der Waals surface area contributed by atoms with Crippen LogP contribution in [0.25, 0.3) is 0 Å². The summed E-state index contributed by atoms with van der Waals surface area (Å²) in [7, 11) is 0. The monoisotopic (exact) mass is 287 g/mol. The zero-order valence-electron chi connectivity index (χ0n) is 9.99. The SMILES string of the molecule is O=C(COc1c(Cl)cccc1Cl)N1CCCCC1. The predicted molar refractivity (Wildman–Crippen MR) is 72.4 cm³/mol. The van der Waals surface area contributed by atoms with Gasteiger partial charge < -0.3 is 9.64 Å². The highest BCUT2D eigenvalue weighted by molar-refractivity contribution is 6.37. The van der Waals surface area contributed by atoms with Crippen LogP contribution in [0.4, 0.5) is 0 Å². The van der Waals surface area contributed by atoms with Crippen LogP contribution in [0.3, 0.4) is 0 Å². The number of piperidine rings is 1. The van der Waals surface area contributed by atoms with Crippen LogP contribution in [-0.4, -0.2) is 30.5 Å². The number of carbonyl (C=O) groups is 1. The maximum atomic E-state index is 11.9. The van der Waals surface area contributed by atoms with Crippen LogP contribution < -0.4 is 4.74 Å². The molecule has 1 heterocycles. The Labute approximate surface area is 117 Å². The Morgan fingerprint density at radius 1 is 1.17 bits per heavy atom. The molecule has 0 N–H and O–H groups in total. The summed E-state index contributed by atoms with van der Waals surface area (Å²) in [5.74, 6) is 0.372. The van der Waals surface area contributed by atoms with Gasteiger partial charge in [-0.05, 0) is 31.4 Å². The molecule has 2 rings (SSSR count). The van der Waals surface area contributed by atoms with E-state index in [9.17, 15) is 4.79 Å². The number of hydrogen-bond acceptors (Lipinski definition) is 2. The van der Waals surface area contributed by atoms with E-state index in [2.05, 4.69) is 0 Å². The molecule has 0 saturated carbocycles. The lowest BCUT2D eigenvalue weighted by molar-refractivity contribution is -0.134. The summed E-state index contributed by atoms with van der Waals surface area (Å²) < 4.78 is 5.43. The van der Waals surface area contributed by atoms with Crippen LogP contribution in [-0.2, 0) is 4.79 Å². The summed E-state index contributed by atoms with van der Waals surface area (Å²) >= 11 is 11.9. The highest BCUT2D eigenvalue weighted by Crippen LogP contribution is 2.32. The second-order valence-electron chi connectivity index (χ2n) is 4.28. The predicted octanol–water partition coefficient (Wildman–Crippen LogP) is 3.38. The summed E-state index contributed by atoms with van der Waals surface area (Å²) in [6.07, 6.45) is 3.33. The Bertz CT molecular complexity index is 411. The molecule has 0 aromatic heterocycles. The van der Waals surface area contributed by atoms with E-state index in [4.69, 9.17) is 27.9 Å². The summed E-state index contributed by atoms with van der Waals surface area (Å²) in [6, 6.07) is 5.12. The van der Waals surface area contributed by atoms with Gasteiger partial charge >= 0.3 is 0 Å². The fourth-order valence-corrected chi connectivity index (χ4v) is 2.50. The zero-order chi connectivity index (χ0) is 13.0. The van der Waals surface area contributed by atoms with Crippen molar-refractivity contribution in [3.05, 3.63) is 28.2 Å². The molecular weight excluding hydrogens is 273 g/mol. The van der Waals surface area contributed by atoms with Crippen LogP contribution in [0.15, 0.2) is 18.2 Å². The van der Waals surface area contributed by atoms with Crippen LogP contribution in [0.2, 0.25) is 10.0 Å². The highest BCUT2D eigenvalue weighted by atomic mass is 35.5. The lowest BCUT2D eigenvalue weighted by atomic mass is 10.1. The second kappa shape index (κ2) is 6.30. The van der Waals surface area contributed by atoms with Crippen molar-refractivity contribution in [3.8, 4) is 5.75 Å². The smallest absolute Gasteiger partial charge is 0.260 e. The average molecular weight is 288 g/mol. The molecule has 1 aromatic rings. The van der Waals surface area contributed by atoms with Crippen molar-refractivity contribution < 1.29 is 9.53 Å². The molecule has 1 aromatic carbocycles. The molecule has 0 atom stereocenters. The standard InChI is InChI=1S/C13H15Cl2NO2/c14-10-5-4-6-11(15)13(10)18-9-12(17)16-7-2-1-3-8-16/h4-6H,1-3,7-9H2. The minimum absolute atomic E-state index is 0.00862. The van der Waals surface area contributed by atoms with Gasteiger partial charge in [0, 0.05) is 13.1 Å². The Morgan fingerprint density at radius 2 is 1.78 bits per heavy atom. The van der Waals surface area contributed by atoms with Gasteiger partial charge in [0.25, 0.3) is 5.91 Å². The number of carbonyl (C=O) groups excluding carboxylic acids is 1. The molecule has 18 heavy (non-hydrogen) atoms. The summed E-state index contributed by atoms with van der Waals surface area (Å²) in [5.41, 5.74) is 0. The first-order valence-electron chi connectivity index (χ1n) is 6.03. The van der Waals surface area contributed by atoms with Gasteiger partial charge in [0.05, 0.1) is 10.0 Å². The average Bonchev–Trinajstić information content (AvgIpc) is 2.39. The molecule has 98 valence electrons. The van der Waals surface area contributed by atoms with Crippen molar-refractivity contribution >= 4 is 29.1 Å². The van der Waals surface area contributed by atoms with Gasteiger partial charge in [-0.15, -0.1) is 0 Å². The lowest BCUT2D eigenvalue weighted by Crippen LogP contribution is -2.38. The van der Waals surface area contributed by atoms with Crippen LogP contribution >= 0.6 is 23.2 Å². The van der Waals surface area contributed by atoms with Gasteiger partial charge in [0.1, 0.15) is 0 Å². The maximum absolute atomic E-state index is 11.9. The Balaban J connectivity index is 1.92. The molecule has 0 bridgehead atoms. The van der Waals surface area contributed by atoms with Crippen LogP contribution in [0.1, 0.15) is 19.3 Å². The van der Waals surface area contributed by atoms with E-state index < -0.39 is 0 Å². The number of benzene rings is 1. The van der Waals surface area contributed by atoms with Crippen LogP contribution in [0, 0.1) is 0 Å². The van der Waals surface area contributed by atoms with E-state index in [-0.39, 0.29) is 12.5 Å². The van der Waals surface area contributed by atoms with E-state index in [1.54, 1.807) is 18.2 Å². The van der Waals surface area contributed by atoms with E-state index in [0.29, 0.717) is 15.8 Å². The number of halogens is 2. The van der Waals surface area contributed by atoms with Crippen LogP contribution in [0.5, 0.6) is 5.75 Å². The molecule has 3 nitrogen and oxygen atoms in total. The zero-order valence-corrected chi connectivity index (χ0v) is 11.5. The van der Waals surface area contributed by atoms with Crippen molar-refractivity contribution in [1.82, 2.24) is 4.90 Å². The first kappa shape index (κ1) is 13.5. The van der Waals surface area contributed by atoms with Crippen molar-refractivity contribution in [1.29, 1.82) is 0 Å². The third kappa shape index (κ3) is 3.30. The van der Waals surface area contributed by atoms with Crippen molar-refractivity contribution in [2.24, 2.45) is 0 Å². The van der Waals surface area contributed by atoms with Gasteiger partial charge in [0.2, 0.25) is 0 Å². The molecule has 1 amide bonds. The van der Waals surface area contributed by atoms with E-state index in [0.717, 1.165) is 25.9 Å². The summed E-state index contributed by atoms with van der Waals surface area (Å²) in [5, 5.41) is 0.850. The molecule has 1 aliphatic rings. The van der Waals surface area contributed by atoms with Gasteiger partial charge in [0.15, 0.2) is 12.4 Å². The highest BCUT2D eigenvalue weighted by Gasteiger charge is 2.17. The Kier molecular flexibility index (Phi) is 4.72. The number of amides is 1. The van der Waals surface area contributed by atoms with Crippen molar-refractivity contribution in [3.63, 3.8) is 0 Å². The molecule has 1 saturated heterocycles. The van der Waals surface area contributed by atoms with Crippen molar-refractivity contribution in [2.75, 3.05) is 19.7 Å². The van der Waals surface area contributed by atoms with Gasteiger partial charge in [-0.25, -0.2) is 0 Å². The first-order valence-corrected chi connectivity index (χ1v) is 6.78. The third-order valence-corrected chi connectivity index (χ3v) is 3.56. The van der Waals surface area contributed by atoms with Crippen molar-refractivity contribution in [2.45, 2.75) is 19.3 Å². The largest absolute Gasteiger partial charge is 0.481 e. The van der Waals surface area contributed by atoms with Gasteiger partial charge in [-0.2, -0.15) is 0 Å². The van der Waals surface area contributed by atoms with E-state index >= 15 is 0 Å². The number of ether oxygens (including phenoxy) is 1. The molecule has 1 aliphatic heterocycles. The quantitative estimate of drug-likeness (QED) is 0.853. The number of rotatable bonds is 3. The number of para-hydroxylation sites is 1. The molecule has 0 radical (unpaired) electrons. The number of hydrogen-bond donors (Lipinski definition) is 0. The molecule has 0 unspecified atom stereocenters. The fraction of sp³-hybridized carbons (Fsp3) is 0.462. The summed E-state index contributed by atoms with van der Waals surface area (Å²) in [4.78, 5) is 13.7. The Hall–Kier alpha value is -0.930. The molecule has 0 spiro atoms. The molecule has 0 aliphatic carbocycles. The fourth-order valence-electron chi connectivity index (χ4n) is 1.99. The maximum Gasteiger partial charge on any atom is 0.260 e. The van der Waals surface area contributed by atoms with Gasteiger partial charge in [-0.3, -0.25) is 4.79 Å². The molecule has 1 fully saturated rings. The first-order chi connectivity index (χ1) is 8.68. The van der Waals surface area contributed by atoms with E-state index in [1.807, 2.05) is 4.90 Å². The normalized spacial score (nSPS) is 15.6. The number of nitrogens with zero attached hydrogens (tertiary/aromatic N) is 1. The third-order valence-electron chi connectivity index (χ3n) is 2.97. The Morgan fingerprint density at radius 3 is 2.39 bits per heavy atom. The minimum Gasteiger partial charge on any atom is -0.481 e.